The van der Waals surface area contributed by atoms with Gasteiger partial charge in [0.05, 0.1) is 87.3 Å². The molecule has 1 aromatic carbocycles. The van der Waals surface area contributed by atoms with Crippen LogP contribution in [0.5, 0.6) is 0 Å². The maximum Gasteiger partial charge on any atom is 0.338 e. The number of esters is 3. The number of carbonyl (C=O) groups is 5. The van der Waals surface area contributed by atoms with Crippen LogP contribution in [0, 0.1) is 58.5 Å². The Hall–Kier alpha value is -5.60. The van der Waals surface area contributed by atoms with Crippen molar-refractivity contribution < 1.29 is 65.9 Å². The molecule has 0 saturated carbocycles. The number of aryl methyl sites for hydroxylation is 2. The molecule has 1 N–H and O–H groups in total. The molecular weight excluding hydrogens is 1540 g/mol. The van der Waals surface area contributed by atoms with Gasteiger partial charge in [0.15, 0.2) is 33.3 Å². The van der Waals surface area contributed by atoms with Crippen LogP contribution in [-0.4, -0.2) is 144 Å². The highest BCUT2D eigenvalue weighted by Gasteiger charge is 2.51. The van der Waals surface area contributed by atoms with E-state index in [1.807, 2.05) is 92.1 Å². The number of ketones is 2. The zero-order chi connectivity index (χ0) is 85.0. The van der Waals surface area contributed by atoms with Crippen LogP contribution in [0.15, 0.2) is 56.4 Å². The van der Waals surface area contributed by atoms with Crippen LogP contribution in [0.4, 0.5) is 5.69 Å². The van der Waals surface area contributed by atoms with Crippen molar-refractivity contribution >= 4 is 103 Å². The summed E-state index contributed by atoms with van der Waals surface area (Å²) in [5.41, 5.74) is 20.1. The summed E-state index contributed by atoms with van der Waals surface area (Å²) < 4.78 is 47.4. The number of thiazole rings is 2. The van der Waals surface area contributed by atoms with Gasteiger partial charge in [0.2, 0.25) is 0 Å². The van der Waals surface area contributed by atoms with E-state index in [9.17, 15) is 45.5 Å². The van der Waals surface area contributed by atoms with Gasteiger partial charge >= 0.3 is 17.9 Å². The number of aliphatic hydroxyl groups is 1. The second-order valence-corrected chi connectivity index (χ2v) is 54.0. The van der Waals surface area contributed by atoms with Crippen LogP contribution >= 0.6 is 22.7 Å². The van der Waals surface area contributed by atoms with Gasteiger partial charge in [-0.05, 0) is 197 Å². The van der Waals surface area contributed by atoms with Crippen molar-refractivity contribution in [3.63, 3.8) is 0 Å². The van der Waals surface area contributed by atoms with Gasteiger partial charge < -0.3 is 37.0 Å². The molecule has 0 unspecified atom stereocenters. The fraction of sp³-hybridized carbons (Fsp3) is 0.747. The Bertz CT molecular complexity index is 3660. The van der Waals surface area contributed by atoms with Crippen molar-refractivity contribution in [2.75, 3.05) is 0 Å². The van der Waals surface area contributed by atoms with Gasteiger partial charge in [-0.3, -0.25) is 29.3 Å². The highest BCUT2D eigenvalue weighted by Crippen LogP contribution is 2.44. The Labute approximate surface area is 687 Å². The van der Waals surface area contributed by atoms with Crippen molar-refractivity contribution in [3.05, 3.63) is 104 Å². The minimum atomic E-state index is -2.39. The number of non-ortho nitro benzene ring substituents is 1. The number of cyclic esters (lactones) is 2. The maximum atomic E-state index is 15.2. The molecule has 634 valence electrons. The highest BCUT2D eigenvalue weighted by atomic mass is 32.1. The summed E-state index contributed by atoms with van der Waals surface area (Å²) in [6.45, 7) is 49.2. The number of nitro groups is 1. The number of nitrogens with zero attached hydrogens (tertiary/aromatic N) is 9. The number of Topliss-reactive ketones (excluding diaryl/α,β-unsaturated/α-hetero) is 2. The van der Waals surface area contributed by atoms with E-state index in [4.69, 9.17) is 31.9 Å². The zero-order valence-electron chi connectivity index (χ0n) is 72.8. The third-order valence-electron chi connectivity index (χ3n) is 25.5. The highest BCUT2D eigenvalue weighted by molar-refractivity contribution is 7.10. The molecule has 0 spiro atoms. The topological polar surface area (TPSA) is 337 Å². The molecule has 3 aromatic rings. The molecule has 5 rings (SSSR count). The lowest BCUT2D eigenvalue weighted by molar-refractivity contribution is -0.384. The predicted molar refractivity (Wildman–Crippen MR) is 464 cm³/mol. The number of rotatable bonds is 29. The van der Waals surface area contributed by atoms with Gasteiger partial charge in [0.25, 0.3) is 5.69 Å². The molecule has 0 aliphatic carbocycles. The first-order chi connectivity index (χ1) is 53.3. The molecule has 4 heterocycles. The van der Waals surface area contributed by atoms with Crippen LogP contribution in [-0.2, 0) is 51.1 Å². The van der Waals surface area contributed by atoms with E-state index < -0.39 is 134 Å². The first-order valence-electron chi connectivity index (χ1n) is 41.9. The third-order valence-corrected chi connectivity index (χ3v) is 45.6. The molecule has 30 heteroatoms. The number of hydrogen-bond donors (Lipinski definition) is 1. The van der Waals surface area contributed by atoms with Crippen LogP contribution in [0.2, 0.25) is 72.5 Å². The third kappa shape index (κ3) is 27.8. The van der Waals surface area contributed by atoms with Gasteiger partial charge in [-0.1, -0.05) is 155 Å². The van der Waals surface area contributed by atoms with Gasteiger partial charge in [-0.15, -0.1) is 22.7 Å². The minimum Gasteiger partial charge on any atom is -0.458 e. The smallest absolute Gasteiger partial charge is 0.338 e. The number of ether oxygens (including phenoxy) is 3. The van der Waals surface area contributed by atoms with Crippen LogP contribution in [0.3, 0.4) is 0 Å². The average molecular weight is 1680 g/mol. The van der Waals surface area contributed by atoms with Crippen LogP contribution in [0.25, 0.3) is 33.0 Å². The van der Waals surface area contributed by atoms with Gasteiger partial charge in [-0.25, -0.2) is 14.8 Å². The number of benzene rings is 1. The fourth-order valence-corrected chi connectivity index (χ4v) is 29.5. The molecule has 14 atom stereocenters. The predicted octanol–water partition coefficient (Wildman–Crippen LogP) is 22.6. The molecule has 0 amide bonds. The number of carbonyl (C=O) groups excluding carboxylic acids is 5. The van der Waals surface area contributed by atoms with Crippen molar-refractivity contribution in [1.29, 1.82) is 0 Å². The Kier molecular flexibility index (Phi) is 41.1. The lowest BCUT2D eigenvalue weighted by Crippen LogP contribution is -2.53. The molecule has 0 bridgehead atoms. The van der Waals surface area contributed by atoms with E-state index in [0.29, 0.717) is 37.0 Å². The molecule has 0 radical (unpaired) electrons. The van der Waals surface area contributed by atoms with Crippen molar-refractivity contribution in [1.82, 2.24) is 9.97 Å². The number of hydrogen-bond acceptors (Lipinski definition) is 21. The molecule has 2 fully saturated rings. The number of aliphatic hydroxyl groups excluding tert-OH is 1. The van der Waals surface area contributed by atoms with Gasteiger partial charge in [0.1, 0.15) is 29.9 Å². The minimum absolute atomic E-state index is 0.0264. The van der Waals surface area contributed by atoms with Gasteiger partial charge in [-0.2, -0.15) is 0 Å². The quantitative estimate of drug-likeness (QED) is 0.00986. The van der Waals surface area contributed by atoms with E-state index >= 15 is 4.79 Å². The molecule has 2 aromatic heterocycles. The van der Waals surface area contributed by atoms with Crippen LogP contribution in [0.1, 0.15) is 248 Å². The van der Waals surface area contributed by atoms with E-state index in [0.717, 1.165) is 100 Å². The lowest BCUT2D eigenvalue weighted by Gasteiger charge is -2.44. The molecular formula is C83H139N9O15S2Si4. The molecule has 2 aliphatic heterocycles. The van der Waals surface area contributed by atoms with Crippen molar-refractivity contribution in [3.8, 4) is 0 Å². The Morgan fingerprint density at radius 1 is 0.584 bits per heavy atom. The summed E-state index contributed by atoms with van der Waals surface area (Å²) in [6.07, 6.45) is 0.802. The Morgan fingerprint density at radius 3 is 1.27 bits per heavy atom. The Balaban J connectivity index is 0.000000486. The van der Waals surface area contributed by atoms with Crippen molar-refractivity contribution in [2.24, 2.45) is 44.7 Å². The lowest BCUT2D eigenvalue weighted by atomic mass is 9.73. The number of azide groups is 2. The summed E-state index contributed by atoms with van der Waals surface area (Å²) >= 11 is 3.01. The number of aromatic nitrogens is 2. The summed E-state index contributed by atoms with van der Waals surface area (Å²) in [4.78, 5) is 98.6. The normalized spacial score (nSPS) is 26.2. The van der Waals surface area contributed by atoms with E-state index in [2.05, 4.69) is 127 Å². The zero-order valence-corrected chi connectivity index (χ0v) is 78.4. The first-order valence-corrected chi connectivity index (χ1v) is 53.8. The first kappa shape index (κ1) is 99.8. The second-order valence-electron chi connectivity index (χ2n) is 33.0. The SMILES string of the molecule is CC[Si](CC)(CC)O[C@H]1[C@@H](C)CCC[C@@H](O)[C@@H](N=[N+]=[N-])C[C@@H](/C(C)=C/c2csc(C)n2)OC(=O)C[C@H](O[Si](CC)(CC)CC)C(C)(C)C(=O)[C@@H]1C.CC[Si](CC)(CC)O[C@H]1[C@@H](C)CCC[C@H](OC(=O)c2ccc([N+](=O)[O-])cc2)[C@@H](N=[N+]=[N-])C[C@@H](/C(C)=C/c2csc(C)n2)OC(=O)C[C@H](O[Si](CC)(CC)CC)C(C)(C)C(=O)[C@@H]1C. The summed E-state index contributed by atoms with van der Waals surface area (Å²) in [5, 5.41) is 36.5. The monoisotopic (exact) mass is 1680 g/mol. The standard InChI is InChI=1S/C45H71N5O9SSi2.C38H68N4O6SSi2/c1-13-61(14-2,15-3)58-40-28-41(51)56-39(31(8)26-35-29-60-33(10)47-35)27-37(48-49-46)38(57-44(53)34-22-24-36(25-23-34)50(54)55)21-19-20-30(7)42(32(9)43(52)45(40,11)12)59-62(16-4,17-5)18-6;1-13-50(14-2,15-3)47-34-24-35(44)46-33(27(8)22-30-25-49-29(10)40-30)23-31(41-42-39)32(43)21-19-20-26(7)36(28(9)37(45)38(34,11)12)48-51(16-4,17-5)18-6/h22-26,29-30,32,37-40,42H,13-21,27-28H2,1-12H3;22,25-26,28,31-34,36,43H,13-21,23-24H2,1-12H3/b31-26+;27-22+/t30-,32+,37-,38-,39-,40-,42-;26-,28+,31-,32+,33-,34-,36-/m00/s1. The molecule has 24 nitrogen and oxygen atoms in total. The second kappa shape index (κ2) is 46.5. The fourth-order valence-electron chi connectivity index (χ4n) is 16.4. The number of nitro benzene ring substituents is 1. The maximum absolute atomic E-state index is 15.2. The van der Waals surface area contributed by atoms with E-state index in [-0.39, 0.29) is 72.9 Å². The summed E-state index contributed by atoms with van der Waals surface area (Å²) in [5.74, 6) is -2.86. The van der Waals surface area contributed by atoms with E-state index in [1.54, 1.807) is 0 Å². The molecule has 2 saturated heterocycles. The van der Waals surface area contributed by atoms with E-state index in [1.165, 1.54) is 46.9 Å². The molecule has 2 aliphatic rings. The van der Waals surface area contributed by atoms with Crippen LogP contribution < -0.4 is 0 Å². The van der Waals surface area contributed by atoms with Crippen molar-refractivity contribution in [2.45, 2.75) is 364 Å². The van der Waals surface area contributed by atoms with Gasteiger partial charge in [0, 0.05) is 61.8 Å². The summed E-state index contributed by atoms with van der Waals surface area (Å²) in [7, 11) is -9.05. The summed E-state index contributed by atoms with van der Waals surface area (Å²) in [6, 6.07) is 14.0. The average Bonchev–Trinajstić information content (AvgIpc) is 1.68. The Morgan fingerprint density at radius 2 is 0.929 bits per heavy atom. The largest absolute Gasteiger partial charge is 0.458 e. The molecule has 113 heavy (non-hydrogen) atoms.